The molecular weight excluding hydrogens is 264 g/mol. The molecule has 0 spiro atoms. The second-order valence-electron chi connectivity index (χ2n) is 5.82. The minimum atomic E-state index is -0.860. The third-order valence-electron chi connectivity index (χ3n) is 3.81. The van der Waals surface area contributed by atoms with Gasteiger partial charge in [0.05, 0.1) is 8.80 Å². The number of benzene rings is 1. The summed E-state index contributed by atoms with van der Waals surface area (Å²) in [6.45, 7) is 8.59. The Morgan fingerprint density at radius 2 is 1.60 bits per heavy atom. The maximum Gasteiger partial charge on any atom is 0.121 e. The number of rotatable bonds is 8. The van der Waals surface area contributed by atoms with E-state index in [1.807, 2.05) is 6.07 Å². The van der Waals surface area contributed by atoms with Gasteiger partial charge in [0, 0.05) is 5.19 Å². The summed E-state index contributed by atoms with van der Waals surface area (Å²) in [5.41, 5.74) is 2.23. The Balaban J connectivity index is 3.13. The number of hydrogen-bond donors (Lipinski definition) is 2. The molecule has 0 bridgehead atoms. The number of hydrogen-bond acceptors (Lipinski definition) is 2. The van der Waals surface area contributed by atoms with E-state index in [2.05, 4.69) is 26.9 Å². The molecule has 0 fully saturated rings. The van der Waals surface area contributed by atoms with Gasteiger partial charge in [0.25, 0.3) is 0 Å². The van der Waals surface area contributed by atoms with Crippen molar-refractivity contribution in [3.8, 4) is 11.5 Å². The van der Waals surface area contributed by atoms with Crippen LogP contribution < -0.4 is 5.19 Å². The zero-order chi connectivity index (χ0) is 15.1. The van der Waals surface area contributed by atoms with Gasteiger partial charge in [0.1, 0.15) is 11.5 Å². The lowest BCUT2D eigenvalue weighted by Gasteiger charge is -2.18. The van der Waals surface area contributed by atoms with Crippen LogP contribution in [-0.2, 0) is 12.8 Å². The van der Waals surface area contributed by atoms with Gasteiger partial charge in [-0.15, -0.1) is 0 Å². The van der Waals surface area contributed by atoms with Crippen molar-refractivity contribution in [1.82, 2.24) is 0 Å². The molecular formula is C17H29O2Si. The van der Waals surface area contributed by atoms with E-state index in [9.17, 15) is 10.2 Å². The summed E-state index contributed by atoms with van der Waals surface area (Å²) in [5, 5.41) is 21.6. The van der Waals surface area contributed by atoms with Crippen LogP contribution in [0.5, 0.6) is 11.5 Å². The Hall–Kier alpha value is -0.963. The first-order chi connectivity index (χ1) is 9.52. The highest BCUT2D eigenvalue weighted by Crippen LogP contribution is 2.29. The summed E-state index contributed by atoms with van der Waals surface area (Å²) in [6.07, 6.45) is 7.62. The van der Waals surface area contributed by atoms with Gasteiger partial charge in [-0.1, -0.05) is 46.2 Å². The normalized spacial score (nSPS) is 11.2. The van der Waals surface area contributed by atoms with Crippen molar-refractivity contribution in [3.63, 3.8) is 0 Å². The van der Waals surface area contributed by atoms with Crippen molar-refractivity contribution in [2.45, 2.75) is 71.9 Å². The fourth-order valence-corrected chi connectivity index (χ4v) is 3.87. The van der Waals surface area contributed by atoms with Crippen LogP contribution in [0.3, 0.4) is 0 Å². The lowest BCUT2D eigenvalue weighted by molar-refractivity contribution is 0.450. The number of phenolic OH excluding ortho intramolecular Hbond substituents is 2. The van der Waals surface area contributed by atoms with Crippen LogP contribution in [0.25, 0.3) is 0 Å². The van der Waals surface area contributed by atoms with E-state index >= 15 is 0 Å². The molecule has 0 saturated carbocycles. The van der Waals surface area contributed by atoms with Gasteiger partial charge in [-0.2, -0.15) is 0 Å². The van der Waals surface area contributed by atoms with Crippen LogP contribution in [0.2, 0.25) is 13.1 Å². The van der Waals surface area contributed by atoms with Crippen molar-refractivity contribution < 1.29 is 10.2 Å². The van der Waals surface area contributed by atoms with Crippen LogP contribution in [0.1, 0.15) is 57.1 Å². The molecule has 0 aliphatic carbocycles. The number of aryl methyl sites for hydroxylation is 1. The Morgan fingerprint density at radius 1 is 0.950 bits per heavy atom. The Morgan fingerprint density at radius 3 is 2.15 bits per heavy atom. The molecule has 0 unspecified atom stereocenters. The molecule has 1 aromatic rings. The van der Waals surface area contributed by atoms with E-state index < -0.39 is 8.80 Å². The van der Waals surface area contributed by atoms with Gasteiger partial charge in [0.15, 0.2) is 0 Å². The summed E-state index contributed by atoms with van der Waals surface area (Å²) < 4.78 is 0. The number of phenols is 2. The lowest BCUT2D eigenvalue weighted by Crippen LogP contribution is -2.25. The summed E-state index contributed by atoms with van der Waals surface area (Å²) >= 11 is 0. The van der Waals surface area contributed by atoms with Crippen LogP contribution in [-0.4, -0.2) is 19.0 Å². The van der Waals surface area contributed by atoms with Gasteiger partial charge in [-0.05, 0) is 42.9 Å². The highest BCUT2D eigenvalue weighted by Gasteiger charge is 2.19. The molecule has 0 amide bonds. The van der Waals surface area contributed by atoms with E-state index in [0.29, 0.717) is 11.5 Å². The molecule has 20 heavy (non-hydrogen) atoms. The van der Waals surface area contributed by atoms with Gasteiger partial charge in [-0.25, -0.2) is 0 Å². The third-order valence-corrected chi connectivity index (χ3v) is 5.30. The first-order valence-corrected chi connectivity index (χ1v) is 10.4. The topological polar surface area (TPSA) is 40.5 Å². The predicted octanol–water partition coefficient (Wildman–Crippen LogP) is 4.13. The highest BCUT2D eigenvalue weighted by atomic mass is 28.3. The standard InChI is InChI=1S/C17H29O2Si/c1-5-7-9-10-13-12-15(18)17(20(3)4)16(19)14(13)11-8-6-2/h12,18-19H,5-11H2,1-4H3. The van der Waals surface area contributed by atoms with E-state index in [1.54, 1.807) is 0 Å². The average molecular weight is 294 g/mol. The zero-order valence-electron chi connectivity index (χ0n) is 13.4. The fourth-order valence-electron chi connectivity index (χ4n) is 2.66. The van der Waals surface area contributed by atoms with Gasteiger partial charge < -0.3 is 10.2 Å². The summed E-state index contributed by atoms with van der Waals surface area (Å²) in [5.74, 6) is 0.678. The molecule has 3 heteroatoms. The molecule has 0 aliphatic rings. The zero-order valence-corrected chi connectivity index (χ0v) is 14.4. The van der Waals surface area contributed by atoms with E-state index in [0.717, 1.165) is 48.4 Å². The fraction of sp³-hybridized carbons (Fsp3) is 0.647. The molecule has 1 rings (SSSR count). The average Bonchev–Trinajstić information content (AvgIpc) is 2.37. The van der Waals surface area contributed by atoms with E-state index in [-0.39, 0.29) is 0 Å². The minimum Gasteiger partial charge on any atom is -0.508 e. The van der Waals surface area contributed by atoms with Gasteiger partial charge >= 0.3 is 0 Å². The summed E-state index contributed by atoms with van der Waals surface area (Å²) in [7, 11) is -0.860. The van der Waals surface area contributed by atoms with Crippen molar-refractivity contribution in [1.29, 1.82) is 0 Å². The molecule has 2 nitrogen and oxygen atoms in total. The Labute approximate surface area is 125 Å². The smallest absolute Gasteiger partial charge is 0.121 e. The molecule has 0 atom stereocenters. The maximum absolute atomic E-state index is 10.6. The Kier molecular flexibility index (Phi) is 7.14. The molecule has 0 heterocycles. The molecule has 1 aromatic carbocycles. The lowest BCUT2D eigenvalue weighted by atomic mass is 9.96. The first kappa shape index (κ1) is 17.1. The molecule has 1 radical (unpaired) electrons. The maximum atomic E-state index is 10.6. The van der Waals surface area contributed by atoms with Crippen molar-refractivity contribution >= 4 is 14.0 Å². The molecule has 0 aromatic heterocycles. The molecule has 113 valence electrons. The number of unbranched alkanes of at least 4 members (excludes halogenated alkanes) is 3. The van der Waals surface area contributed by atoms with Crippen molar-refractivity contribution in [2.24, 2.45) is 0 Å². The van der Waals surface area contributed by atoms with E-state index in [1.165, 1.54) is 12.8 Å². The Bertz CT molecular complexity index is 427. The van der Waals surface area contributed by atoms with Crippen LogP contribution in [0, 0.1) is 0 Å². The van der Waals surface area contributed by atoms with Crippen LogP contribution >= 0.6 is 0 Å². The summed E-state index contributed by atoms with van der Waals surface area (Å²) in [6, 6.07) is 1.91. The molecule has 0 aliphatic heterocycles. The van der Waals surface area contributed by atoms with Crippen LogP contribution in [0.4, 0.5) is 0 Å². The summed E-state index contributed by atoms with van der Waals surface area (Å²) in [4.78, 5) is 0. The minimum absolute atomic E-state index is 0.299. The quantitative estimate of drug-likeness (QED) is 0.559. The highest BCUT2D eigenvalue weighted by molar-refractivity contribution is 6.72. The molecule has 0 saturated heterocycles. The number of aromatic hydroxyl groups is 2. The van der Waals surface area contributed by atoms with Gasteiger partial charge in [0.2, 0.25) is 0 Å². The first-order valence-electron chi connectivity index (χ1n) is 7.90. The van der Waals surface area contributed by atoms with E-state index in [4.69, 9.17) is 0 Å². The van der Waals surface area contributed by atoms with Crippen molar-refractivity contribution in [3.05, 3.63) is 17.2 Å². The second kappa shape index (κ2) is 8.35. The predicted molar refractivity (Wildman–Crippen MR) is 88.7 cm³/mol. The van der Waals surface area contributed by atoms with Crippen LogP contribution in [0.15, 0.2) is 6.07 Å². The second-order valence-corrected chi connectivity index (χ2v) is 8.32. The molecule has 2 N–H and O–H groups in total. The van der Waals surface area contributed by atoms with Gasteiger partial charge in [-0.3, -0.25) is 0 Å². The third kappa shape index (κ3) is 4.27. The SMILES string of the molecule is CCCCCc1cc(O)c([Si](C)C)c(O)c1CCCC. The van der Waals surface area contributed by atoms with Crippen molar-refractivity contribution in [2.75, 3.05) is 0 Å². The monoisotopic (exact) mass is 293 g/mol. The largest absolute Gasteiger partial charge is 0.508 e.